The average Bonchev–Trinajstić information content (AvgIpc) is 2.63. The van der Waals surface area contributed by atoms with E-state index in [1.54, 1.807) is 6.92 Å². The van der Waals surface area contributed by atoms with Gasteiger partial charge in [-0.3, -0.25) is 0 Å². The van der Waals surface area contributed by atoms with Gasteiger partial charge in [-0.25, -0.2) is 4.79 Å². The van der Waals surface area contributed by atoms with E-state index in [2.05, 4.69) is 9.15 Å². The van der Waals surface area contributed by atoms with Crippen LogP contribution in [0.25, 0.3) is 6.08 Å². The predicted molar refractivity (Wildman–Crippen MR) is 49.4 cm³/mol. The molecule has 0 amide bonds. The molecule has 1 heterocycles. The van der Waals surface area contributed by atoms with Gasteiger partial charge in [-0.15, -0.1) is 0 Å². The number of furan rings is 1. The van der Waals surface area contributed by atoms with Crippen molar-refractivity contribution in [2.24, 2.45) is 0 Å². The summed E-state index contributed by atoms with van der Waals surface area (Å²) in [7, 11) is 0. The molecule has 16 heavy (non-hydrogen) atoms. The summed E-state index contributed by atoms with van der Waals surface area (Å²) in [4.78, 5) is 10.8. The largest absolute Gasteiger partial charge is 0.463 e. The Bertz CT molecular complexity index is 390. The molecule has 0 saturated heterocycles. The second-order valence-corrected chi connectivity index (χ2v) is 2.79. The van der Waals surface area contributed by atoms with Crippen molar-refractivity contribution in [3.8, 4) is 0 Å². The fraction of sp³-hybridized carbons (Fsp3) is 0.300. The minimum absolute atomic E-state index is 0.0552. The number of halogens is 3. The normalized spacial score (nSPS) is 12.0. The van der Waals surface area contributed by atoms with E-state index >= 15 is 0 Å². The van der Waals surface area contributed by atoms with Crippen molar-refractivity contribution in [2.75, 3.05) is 6.61 Å². The molecule has 0 saturated carbocycles. The minimum atomic E-state index is -4.52. The van der Waals surface area contributed by atoms with E-state index < -0.39 is 17.9 Å². The van der Waals surface area contributed by atoms with Crippen LogP contribution in [0.5, 0.6) is 0 Å². The van der Waals surface area contributed by atoms with Crippen LogP contribution in [0.15, 0.2) is 22.6 Å². The predicted octanol–water partition coefficient (Wildman–Crippen LogP) is 2.87. The molecule has 0 aliphatic carbocycles. The first kappa shape index (κ1) is 12.4. The molecule has 0 bridgehead atoms. The van der Waals surface area contributed by atoms with E-state index in [-0.39, 0.29) is 12.4 Å². The summed E-state index contributed by atoms with van der Waals surface area (Å²) in [5, 5.41) is 0. The molecule has 88 valence electrons. The van der Waals surface area contributed by atoms with Crippen LogP contribution in [-0.4, -0.2) is 12.6 Å². The highest BCUT2D eigenvalue weighted by molar-refractivity contribution is 5.86. The summed E-state index contributed by atoms with van der Waals surface area (Å²) >= 11 is 0. The molecule has 0 N–H and O–H groups in total. The zero-order valence-corrected chi connectivity index (χ0v) is 8.38. The summed E-state index contributed by atoms with van der Waals surface area (Å²) in [5.74, 6) is -1.79. The molecule has 3 nitrogen and oxygen atoms in total. The first-order valence-corrected chi connectivity index (χ1v) is 4.45. The summed E-state index contributed by atoms with van der Waals surface area (Å²) < 4.78 is 45.3. The topological polar surface area (TPSA) is 39.4 Å². The Morgan fingerprint density at radius 2 is 2.19 bits per heavy atom. The Kier molecular flexibility index (Phi) is 3.76. The van der Waals surface area contributed by atoms with Gasteiger partial charge >= 0.3 is 12.1 Å². The van der Waals surface area contributed by atoms with E-state index in [9.17, 15) is 18.0 Å². The molecule has 0 spiro atoms. The van der Waals surface area contributed by atoms with Crippen molar-refractivity contribution in [1.82, 2.24) is 0 Å². The zero-order chi connectivity index (χ0) is 12.2. The number of esters is 1. The lowest BCUT2D eigenvalue weighted by atomic mass is 10.4. The molecule has 0 aliphatic rings. The third kappa shape index (κ3) is 3.45. The Morgan fingerprint density at radius 3 is 2.69 bits per heavy atom. The van der Waals surface area contributed by atoms with Crippen molar-refractivity contribution in [2.45, 2.75) is 13.1 Å². The van der Waals surface area contributed by atoms with Gasteiger partial charge in [0.05, 0.1) is 6.61 Å². The monoisotopic (exact) mass is 234 g/mol. The van der Waals surface area contributed by atoms with Gasteiger partial charge < -0.3 is 9.15 Å². The second kappa shape index (κ2) is 4.87. The van der Waals surface area contributed by atoms with Gasteiger partial charge in [-0.1, -0.05) is 0 Å². The van der Waals surface area contributed by atoms with Crippen LogP contribution in [0.4, 0.5) is 13.2 Å². The van der Waals surface area contributed by atoms with Crippen molar-refractivity contribution >= 4 is 12.0 Å². The molecule has 1 aromatic rings. The van der Waals surface area contributed by atoms with Gasteiger partial charge in [0.1, 0.15) is 5.76 Å². The summed E-state index contributed by atoms with van der Waals surface area (Å²) in [6, 6.07) is 1.92. The van der Waals surface area contributed by atoms with Crippen LogP contribution in [-0.2, 0) is 15.7 Å². The fourth-order valence-electron chi connectivity index (χ4n) is 0.935. The first-order chi connectivity index (χ1) is 7.43. The molecule has 0 unspecified atom stereocenters. The number of carbonyl (C=O) groups is 1. The number of hydrogen-bond donors (Lipinski definition) is 0. The lowest BCUT2D eigenvalue weighted by Crippen LogP contribution is -2.02. The Morgan fingerprint density at radius 1 is 1.50 bits per heavy atom. The molecule has 0 atom stereocenters. The molecular formula is C10H9F3O3. The minimum Gasteiger partial charge on any atom is -0.463 e. The maximum Gasteiger partial charge on any atom is 0.449 e. The maximum absolute atomic E-state index is 12.1. The number of ether oxygens (including phenoxy) is 1. The van der Waals surface area contributed by atoms with Crippen LogP contribution in [0.1, 0.15) is 18.4 Å². The maximum atomic E-state index is 12.1. The summed E-state index contributed by atoms with van der Waals surface area (Å²) in [6.07, 6.45) is -2.40. The SMILES string of the molecule is CCOC(=O)C=Cc1ccc(C(F)(F)F)o1. The lowest BCUT2D eigenvalue weighted by molar-refractivity contribution is -0.153. The second-order valence-electron chi connectivity index (χ2n) is 2.79. The van der Waals surface area contributed by atoms with Crippen molar-refractivity contribution in [3.05, 3.63) is 29.7 Å². The van der Waals surface area contributed by atoms with E-state index in [1.807, 2.05) is 0 Å². The quantitative estimate of drug-likeness (QED) is 0.596. The molecule has 0 radical (unpaired) electrons. The number of alkyl halides is 3. The fourth-order valence-corrected chi connectivity index (χ4v) is 0.935. The van der Waals surface area contributed by atoms with Crippen LogP contribution in [0.3, 0.4) is 0 Å². The number of rotatable bonds is 3. The molecular weight excluding hydrogens is 225 g/mol. The van der Waals surface area contributed by atoms with E-state index in [0.29, 0.717) is 0 Å². The zero-order valence-electron chi connectivity index (χ0n) is 8.38. The van der Waals surface area contributed by atoms with E-state index in [4.69, 9.17) is 0 Å². The number of hydrogen-bond acceptors (Lipinski definition) is 3. The highest BCUT2D eigenvalue weighted by atomic mass is 19.4. The molecule has 1 aromatic heterocycles. The van der Waals surface area contributed by atoms with E-state index in [0.717, 1.165) is 24.3 Å². The van der Waals surface area contributed by atoms with Crippen molar-refractivity contribution in [1.29, 1.82) is 0 Å². The van der Waals surface area contributed by atoms with Gasteiger partial charge in [0.2, 0.25) is 5.76 Å². The van der Waals surface area contributed by atoms with Crippen LogP contribution >= 0.6 is 0 Å². The molecule has 0 aliphatic heterocycles. The van der Waals surface area contributed by atoms with Crippen molar-refractivity contribution in [3.63, 3.8) is 0 Å². The smallest absolute Gasteiger partial charge is 0.449 e. The third-order valence-electron chi connectivity index (χ3n) is 1.58. The highest BCUT2D eigenvalue weighted by Crippen LogP contribution is 2.30. The summed E-state index contributed by atoms with van der Waals surface area (Å²) in [5.41, 5.74) is 0. The van der Waals surface area contributed by atoms with Crippen LogP contribution in [0, 0.1) is 0 Å². The Hall–Kier alpha value is -1.72. The van der Waals surface area contributed by atoms with Crippen molar-refractivity contribution < 1.29 is 27.1 Å². The third-order valence-corrected chi connectivity index (χ3v) is 1.58. The van der Waals surface area contributed by atoms with E-state index in [1.165, 1.54) is 0 Å². The summed E-state index contributed by atoms with van der Waals surface area (Å²) in [6.45, 7) is 1.83. The van der Waals surface area contributed by atoms with Crippen LogP contribution in [0.2, 0.25) is 0 Å². The standard InChI is InChI=1S/C10H9F3O3/c1-2-15-9(14)6-4-7-3-5-8(16-7)10(11,12)13/h3-6H,2H2,1H3. The van der Waals surface area contributed by atoms with Gasteiger partial charge in [-0.2, -0.15) is 13.2 Å². The molecule has 1 rings (SSSR count). The molecule has 0 aromatic carbocycles. The highest BCUT2D eigenvalue weighted by Gasteiger charge is 2.34. The number of carbonyl (C=O) groups excluding carboxylic acids is 1. The Balaban J connectivity index is 2.69. The first-order valence-electron chi connectivity index (χ1n) is 4.45. The Labute approximate surface area is 89.5 Å². The van der Waals surface area contributed by atoms with Gasteiger partial charge in [0.15, 0.2) is 0 Å². The van der Waals surface area contributed by atoms with Gasteiger partial charge in [-0.05, 0) is 25.1 Å². The molecule has 6 heteroatoms. The van der Waals surface area contributed by atoms with Crippen LogP contribution < -0.4 is 0 Å². The van der Waals surface area contributed by atoms with Gasteiger partial charge in [0, 0.05) is 6.08 Å². The van der Waals surface area contributed by atoms with Gasteiger partial charge in [0.25, 0.3) is 0 Å². The average molecular weight is 234 g/mol. The molecule has 0 fully saturated rings. The lowest BCUT2D eigenvalue weighted by Gasteiger charge is -1.99.